The lowest BCUT2D eigenvalue weighted by atomic mass is 9.95. The minimum absolute atomic E-state index is 0.537. The van der Waals surface area contributed by atoms with Crippen molar-refractivity contribution >= 4 is 11.6 Å². The highest BCUT2D eigenvalue weighted by Crippen LogP contribution is 2.18. The molecule has 1 aliphatic rings. The van der Waals surface area contributed by atoms with Crippen molar-refractivity contribution in [2.24, 2.45) is 0 Å². The van der Waals surface area contributed by atoms with Crippen LogP contribution in [0.3, 0.4) is 0 Å². The molecule has 1 aliphatic carbocycles. The Morgan fingerprint density at radius 1 is 1.33 bits per heavy atom. The number of hydrogen-bond donors (Lipinski definition) is 1. The third-order valence-electron chi connectivity index (χ3n) is 2.76. The minimum atomic E-state index is 0.537. The number of halogens is 1. The molecule has 0 aliphatic heterocycles. The summed E-state index contributed by atoms with van der Waals surface area (Å²) in [6.45, 7) is 2.20. The Labute approximate surface area is 80.9 Å². The third kappa shape index (κ3) is 3.32. The summed E-state index contributed by atoms with van der Waals surface area (Å²) in [5, 5.41) is 3.62. The van der Waals surface area contributed by atoms with E-state index in [0.29, 0.717) is 6.04 Å². The van der Waals surface area contributed by atoms with Gasteiger partial charge in [-0.2, -0.15) is 0 Å². The van der Waals surface area contributed by atoms with Gasteiger partial charge in [0, 0.05) is 18.0 Å². The van der Waals surface area contributed by atoms with E-state index in [1.807, 2.05) is 0 Å². The Bertz CT molecular complexity index is 106. The molecule has 0 radical (unpaired) electrons. The van der Waals surface area contributed by atoms with E-state index < -0.39 is 0 Å². The van der Waals surface area contributed by atoms with Gasteiger partial charge in [-0.1, -0.05) is 26.2 Å². The van der Waals surface area contributed by atoms with Crippen molar-refractivity contribution < 1.29 is 0 Å². The molecule has 12 heavy (non-hydrogen) atoms. The molecule has 1 rings (SSSR count). The molecule has 0 saturated heterocycles. The highest BCUT2D eigenvalue weighted by atomic mass is 35.5. The lowest BCUT2D eigenvalue weighted by molar-refractivity contribution is 0.342. The minimum Gasteiger partial charge on any atom is -0.310 e. The van der Waals surface area contributed by atoms with Gasteiger partial charge >= 0.3 is 0 Å². The Hall–Kier alpha value is 0.250. The Morgan fingerprint density at radius 2 is 2.00 bits per heavy atom. The molecule has 1 saturated carbocycles. The van der Waals surface area contributed by atoms with Gasteiger partial charge in [0.25, 0.3) is 0 Å². The van der Waals surface area contributed by atoms with Gasteiger partial charge in [0.15, 0.2) is 0 Å². The van der Waals surface area contributed by atoms with Gasteiger partial charge in [-0.05, 0) is 19.3 Å². The predicted octanol–water partition coefficient (Wildman–Crippen LogP) is 2.93. The maximum absolute atomic E-state index is 5.82. The number of alkyl halides is 1. The topological polar surface area (TPSA) is 12.0 Å². The molecule has 72 valence electrons. The summed E-state index contributed by atoms with van der Waals surface area (Å²) in [6, 6.07) is 1.29. The van der Waals surface area contributed by atoms with E-state index in [1.165, 1.54) is 32.1 Å². The first-order valence-corrected chi connectivity index (χ1v) is 5.72. The second-order valence-electron chi connectivity index (χ2n) is 3.76. The van der Waals surface area contributed by atoms with E-state index in [1.54, 1.807) is 0 Å². The fraction of sp³-hybridized carbons (Fsp3) is 1.00. The average molecular weight is 190 g/mol. The molecule has 0 spiro atoms. The molecular weight excluding hydrogens is 170 g/mol. The summed E-state index contributed by atoms with van der Waals surface area (Å²) in [7, 11) is 0. The second-order valence-corrected chi connectivity index (χ2v) is 4.07. The summed E-state index contributed by atoms with van der Waals surface area (Å²) in [6.07, 6.45) is 8.09. The zero-order valence-corrected chi connectivity index (χ0v) is 8.74. The fourth-order valence-corrected chi connectivity index (χ4v) is 2.18. The largest absolute Gasteiger partial charge is 0.310 e. The van der Waals surface area contributed by atoms with Crippen molar-refractivity contribution in [3.8, 4) is 0 Å². The maximum atomic E-state index is 5.82. The molecule has 1 nitrogen and oxygen atoms in total. The lowest BCUT2D eigenvalue weighted by Gasteiger charge is -2.26. The van der Waals surface area contributed by atoms with E-state index in [9.17, 15) is 0 Å². The van der Waals surface area contributed by atoms with Crippen molar-refractivity contribution in [3.63, 3.8) is 0 Å². The molecule has 0 bridgehead atoms. The van der Waals surface area contributed by atoms with E-state index >= 15 is 0 Å². The van der Waals surface area contributed by atoms with Gasteiger partial charge in [-0.15, -0.1) is 11.6 Å². The smallest absolute Gasteiger partial charge is 0.0377 e. The fourth-order valence-electron chi connectivity index (χ4n) is 1.87. The van der Waals surface area contributed by atoms with Crippen LogP contribution in [0.1, 0.15) is 45.4 Å². The van der Waals surface area contributed by atoms with Crippen LogP contribution in [0.5, 0.6) is 0 Å². The zero-order chi connectivity index (χ0) is 8.81. The summed E-state index contributed by atoms with van der Waals surface area (Å²) in [5.41, 5.74) is 0. The van der Waals surface area contributed by atoms with Crippen LogP contribution >= 0.6 is 11.6 Å². The van der Waals surface area contributed by atoms with Crippen molar-refractivity contribution in [2.75, 3.05) is 5.88 Å². The Balaban J connectivity index is 2.18. The third-order valence-corrected chi connectivity index (χ3v) is 3.13. The van der Waals surface area contributed by atoms with Crippen LogP contribution in [0.2, 0.25) is 0 Å². The van der Waals surface area contributed by atoms with Gasteiger partial charge in [0.2, 0.25) is 0 Å². The molecule has 1 N–H and O–H groups in total. The molecule has 0 unspecified atom stereocenters. The first-order chi connectivity index (χ1) is 5.86. The molecule has 1 atom stereocenters. The highest BCUT2D eigenvalue weighted by molar-refractivity contribution is 6.18. The van der Waals surface area contributed by atoms with Crippen LogP contribution in [0.25, 0.3) is 0 Å². The predicted molar refractivity (Wildman–Crippen MR) is 54.8 cm³/mol. The zero-order valence-electron chi connectivity index (χ0n) is 7.98. The number of rotatable bonds is 4. The molecule has 1 fully saturated rings. The summed E-state index contributed by atoms with van der Waals surface area (Å²) < 4.78 is 0. The maximum Gasteiger partial charge on any atom is 0.0377 e. The summed E-state index contributed by atoms with van der Waals surface area (Å²) in [5.74, 6) is 0.757. The molecule has 0 amide bonds. The lowest BCUT2D eigenvalue weighted by Crippen LogP contribution is -2.40. The summed E-state index contributed by atoms with van der Waals surface area (Å²) >= 11 is 5.82. The molecule has 2 heteroatoms. The van der Waals surface area contributed by atoms with Gasteiger partial charge in [0.05, 0.1) is 0 Å². The van der Waals surface area contributed by atoms with Gasteiger partial charge in [-0.25, -0.2) is 0 Å². The normalized spacial score (nSPS) is 22.5. The van der Waals surface area contributed by atoms with E-state index in [4.69, 9.17) is 11.6 Å². The quantitative estimate of drug-likeness (QED) is 0.671. The molecular formula is C10H20ClN. The van der Waals surface area contributed by atoms with Crippen LogP contribution in [-0.4, -0.2) is 18.0 Å². The van der Waals surface area contributed by atoms with Crippen LogP contribution < -0.4 is 5.32 Å². The van der Waals surface area contributed by atoms with Crippen LogP contribution in [-0.2, 0) is 0 Å². The van der Waals surface area contributed by atoms with Crippen molar-refractivity contribution in [1.29, 1.82) is 0 Å². The first-order valence-electron chi connectivity index (χ1n) is 5.18. The molecule has 0 aromatic carbocycles. The Morgan fingerprint density at radius 3 is 2.50 bits per heavy atom. The van der Waals surface area contributed by atoms with Crippen LogP contribution in [0, 0.1) is 0 Å². The molecule has 0 aromatic heterocycles. The number of hydrogen-bond acceptors (Lipinski definition) is 1. The van der Waals surface area contributed by atoms with Gasteiger partial charge in [0.1, 0.15) is 0 Å². The second kappa shape index (κ2) is 5.82. The Kier molecular flexibility index (Phi) is 5.01. The van der Waals surface area contributed by atoms with E-state index in [0.717, 1.165) is 18.3 Å². The van der Waals surface area contributed by atoms with Crippen molar-refractivity contribution in [2.45, 2.75) is 57.5 Å². The monoisotopic (exact) mass is 189 g/mol. The van der Waals surface area contributed by atoms with Crippen molar-refractivity contribution in [3.05, 3.63) is 0 Å². The standard InChI is InChI=1S/C10H20ClN/c1-2-9(8-11)12-10-6-4-3-5-7-10/h9-10,12H,2-8H2,1H3/t9-/m1/s1. The van der Waals surface area contributed by atoms with Crippen LogP contribution in [0.4, 0.5) is 0 Å². The van der Waals surface area contributed by atoms with Gasteiger partial charge < -0.3 is 5.32 Å². The molecule has 0 heterocycles. The van der Waals surface area contributed by atoms with Crippen LogP contribution in [0.15, 0.2) is 0 Å². The average Bonchev–Trinajstić information content (AvgIpc) is 2.16. The SMILES string of the molecule is CC[C@H](CCl)NC1CCCCC1. The number of nitrogens with one attached hydrogen (secondary N) is 1. The van der Waals surface area contributed by atoms with Crippen molar-refractivity contribution in [1.82, 2.24) is 5.32 Å². The van der Waals surface area contributed by atoms with E-state index in [2.05, 4.69) is 12.2 Å². The van der Waals surface area contributed by atoms with Gasteiger partial charge in [-0.3, -0.25) is 0 Å². The van der Waals surface area contributed by atoms with E-state index in [-0.39, 0.29) is 0 Å². The molecule has 0 aromatic rings. The first kappa shape index (κ1) is 10.3. The highest BCUT2D eigenvalue weighted by Gasteiger charge is 2.15. The summed E-state index contributed by atoms with van der Waals surface area (Å²) in [4.78, 5) is 0.